The summed E-state index contributed by atoms with van der Waals surface area (Å²) in [5.41, 5.74) is 4.97. The topological polar surface area (TPSA) is 89.3 Å². The highest BCUT2D eigenvalue weighted by atomic mass is 32.2. The molecule has 1 amide bonds. The normalized spacial score (nSPS) is 20.8. The van der Waals surface area contributed by atoms with Crippen molar-refractivity contribution in [3.8, 4) is 0 Å². The molecule has 0 spiro atoms. The van der Waals surface area contributed by atoms with Crippen LogP contribution in [-0.2, 0) is 14.6 Å². The fraction of sp³-hybridized carbons (Fsp3) is 0.800. The lowest BCUT2D eigenvalue weighted by Crippen LogP contribution is -2.57. The van der Waals surface area contributed by atoms with Gasteiger partial charge in [-0.25, -0.2) is 8.42 Å². The summed E-state index contributed by atoms with van der Waals surface area (Å²) in [6.07, 6.45) is 4.28. The number of nitrogens with two attached hydrogens (primary N) is 1. The van der Waals surface area contributed by atoms with Crippen LogP contribution in [0.5, 0.6) is 0 Å². The summed E-state index contributed by atoms with van der Waals surface area (Å²) in [6.45, 7) is 1.37. The van der Waals surface area contributed by atoms with E-state index in [2.05, 4.69) is 5.32 Å². The van der Waals surface area contributed by atoms with Crippen LogP contribution in [0.4, 0.5) is 0 Å². The van der Waals surface area contributed by atoms with Crippen LogP contribution in [0.2, 0.25) is 0 Å². The maximum atomic E-state index is 11.8. The second-order valence-corrected chi connectivity index (χ2v) is 7.42. The Morgan fingerprint density at radius 1 is 1.41 bits per heavy atom. The monoisotopic (exact) mass is 278 g/mol. The second kappa shape index (κ2) is 4.89. The van der Waals surface area contributed by atoms with Crippen molar-refractivity contribution >= 4 is 33.0 Å². The third-order valence-corrected chi connectivity index (χ3v) is 5.19. The number of thiocarbonyl (C=S) groups is 1. The van der Waals surface area contributed by atoms with Gasteiger partial charge in [0.25, 0.3) is 0 Å². The van der Waals surface area contributed by atoms with Crippen LogP contribution in [0.1, 0.15) is 32.6 Å². The Morgan fingerprint density at radius 3 is 2.24 bits per heavy atom. The minimum absolute atomic E-state index is 0.240. The summed E-state index contributed by atoms with van der Waals surface area (Å²) < 4.78 is 22.6. The molecule has 7 heteroatoms. The first kappa shape index (κ1) is 14.4. The van der Waals surface area contributed by atoms with E-state index in [9.17, 15) is 13.2 Å². The molecule has 1 rings (SSSR count). The van der Waals surface area contributed by atoms with Crippen molar-refractivity contribution in [2.45, 2.75) is 43.4 Å². The molecule has 0 saturated heterocycles. The van der Waals surface area contributed by atoms with E-state index in [1.807, 2.05) is 0 Å². The first-order valence-corrected chi connectivity index (χ1v) is 7.86. The summed E-state index contributed by atoms with van der Waals surface area (Å²) in [4.78, 5) is 12.1. The van der Waals surface area contributed by atoms with E-state index >= 15 is 0 Å². The van der Waals surface area contributed by atoms with Crippen molar-refractivity contribution in [1.82, 2.24) is 5.32 Å². The van der Waals surface area contributed by atoms with E-state index in [1.165, 1.54) is 6.92 Å². The van der Waals surface area contributed by atoms with Gasteiger partial charge in [0.05, 0.1) is 10.5 Å². The fourth-order valence-corrected chi connectivity index (χ4v) is 2.65. The van der Waals surface area contributed by atoms with E-state index < -0.39 is 26.5 Å². The number of hydrogen-bond acceptors (Lipinski definition) is 4. The highest BCUT2D eigenvalue weighted by Crippen LogP contribution is 2.30. The number of nitrogens with one attached hydrogen (secondary N) is 1. The zero-order valence-corrected chi connectivity index (χ0v) is 11.7. The van der Waals surface area contributed by atoms with Gasteiger partial charge in [0.15, 0.2) is 9.84 Å². The van der Waals surface area contributed by atoms with Gasteiger partial charge in [-0.2, -0.15) is 0 Å². The van der Waals surface area contributed by atoms with E-state index in [-0.39, 0.29) is 4.99 Å². The molecule has 1 aliphatic carbocycles. The van der Waals surface area contributed by atoms with Crippen LogP contribution in [0.25, 0.3) is 0 Å². The lowest BCUT2D eigenvalue weighted by atomic mass is 9.97. The lowest BCUT2D eigenvalue weighted by molar-refractivity contribution is -0.121. The fourth-order valence-electron chi connectivity index (χ4n) is 1.94. The molecule has 1 aliphatic rings. The summed E-state index contributed by atoms with van der Waals surface area (Å²) >= 11 is 4.98. The predicted octanol–water partition coefficient (Wildman–Crippen LogP) is 0.135. The SMILES string of the molecule is CC(C(=O)NC1(C(N)=S)CCCC1)S(C)(=O)=O. The van der Waals surface area contributed by atoms with Gasteiger partial charge in [0.2, 0.25) is 5.91 Å². The van der Waals surface area contributed by atoms with Crippen molar-refractivity contribution < 1.29 is 13.2 Å². The molecule has 1 atom stereocenters. The van der Waals surface area contributed by atoms with Crippen LogP contribution < -0.4 is 11.1 Å². The molecule has 3 N–H and O–H groups in total. The molecular weight excluding hydrogens is 260 g/mol. The largest absolute Gasteiger partial charge is 0.391 e. The molecule has 5 nitrogen and oxygen atoms in total. The Balaban J connectivity index is 2.83. The van der Waals surface area contributed by atoms with Gasteiger partial charge < -0.3 is 11.1 Å². The predicted molar refractivity (Wildman–Crippen MR) is 70.4 cm³/mol. The summed E-state index contributed by atoms with van der Waals surface area (Å²) in [6, 6.07) is 0. The lowest BCUT2D eigenvalue weighted by Gasteiger charge is -2.30. The first-order valence-electron chi connectivity index (χ1n) is 5.50. The Hall–Kier alpha value is -0.690. The molecule has 1 unspecified atom stereocenters. The smallest absolute Gasteiger partial charge is 0.238 e. The van der Waals surface area contributed by atoms with Crippen LogP contribution in [0.15, 0.2) is 0 Å². The highest BCUT2D eigenvalue weighted by molar-refractivity contribution is 7.92. The van der Waals surface area contributed by atoms with Crippen molar-refractivity contribution in [3.05, 3.63) is 0 Å². The number of carbonyl (C=O) groups excluding carboxylic acids is 1. The molecule has 1 fully saturated rings. The van der Waals surface area contributed by atoms with Crippen molar-refractivity contribution in [3.63, 3.8) is 0 Å². The molecule has 0 radical (unpaired) electrons. The number of hydrogen-bond donors (Lipinski definition) is 2. The van der Waals surface area contributed by atoms with Gasteiger partial charge in [-0.05, 0) is 19.8 Å². The summed E-state index contributed by atoms with van der Waals surface area (Å²) in [5.74, 6) is -0.526. The molecule has 0 aromatic carbocycles. The quantitative estimate of drug-likeness (QED) is 0.714. The first-order chi connectivity index (χ1) is 7.69. The van der Waals surface area contributed by atoms with Crippen molar-refractivity contribution in [2.75, 3.05) is 6.26 Å². The Bertz CT molecular complexity index is 425. The highest BCUT2D eigenvalue weighted by Gasteiger charge is 2.40. The molecular formula is C10H18N2O3S2. The summed E-state index contributed by atoms with van der Waals surface area (Å²) in [5, 5.41) is 1.64. The maximum Gasteiger partial charge on any atom is 0.238 e. The van der Waals surface area contributed by atoms with E-state index in [0.29, 0.717) is 12.8 Å². The van der Waals surface area contributed by atoms with Gasteiger partial charge in [-0.15, -0.1) is 0 Å². The zero-order valence-electron chi connectivity index (χ0n) is 10.0. The number of sulfone groups is 1. The van der Waals surface area contributed by atoms with Crippen LogP contribution in [0, 0.1) is 0 Å². The van der Waals surface area contributed by atoms with Gasteiger partial charge in [-0.1, -0.05) is 25.1 Å². The molecule has 0 aromatic heterocycles. The van der Waals surface area contributed by atoms with Crippen molar-refractivity contribution in [1.29, 1.82) is 0 Å². The van der Waals surface area contributed by atoms with Gasteiger partial charge in [0, 0.05) is 6.26 Å². The van der Waals surface area contributed by atoms with Crippen LogP contribution in [-0.4, -0.2) is 36.4 Å². The Labute approximate surface area is 107 Å². The van der Waals surface area contributed by atoms with Gasteiger partial charge in [0.1, 0.15) is 5.25 Å². The third-order valence-electron chi connectivity index (χ3n) is 3.30. The van der Waals surface area contributed by atoms with E-state index in [0.717, 1.165) is 19.1 Å². The van der Waals surface area contributed by atoms with Crippen LogP contribution >= 0.6 is 12.2 Å². The van der Waals surface area contributed by atoms with Gasteiger partial charge >= 0.3 is 0 Å². The van der Waals surface area contributed by atoms with Crippen LogP contribution in [0.3, 0.4) is 0 Å². The zero-order chi connectivity index (χ0) is 13.3. The molecule has 0 heterocycles. The molecule has 0 bridgehead atoms. The maximum absolute atomic E-state index is 11.8. The standard InChI is InChI=1S/C10H18N2O3S2/c1-7(17(2,14)15)8(13)12-10(9(11)16)5-3-4-6-10/h7H,3-6H2,1-2H3,(H2,11,16)(H,12,13). The number of rotatable bonds is 4. The molecule has 0 aliphatic heterocycles. The Morgan fingerprint density at radius 2 is 1.88 bits per heavy atom. The molecule has 98 valence electrons. The minimum Gasteiger partial charge on any atom is -0.391 e. The number of amides is 1. The van der Waals surface area contributed by atoms with Gasteiger partial charge in [-0.3, -0.25) is 4.79 Å². The van der Waals surface area contributed by atoms with Crippen molar-refractivity contribution in [2.24, 2.45) is 5.73 Å². The average molecular weight is 278 g/mol. The second-order valence-electron chi connectivity index (χ2n) is 4.61. The van der Waals surface area contributed by atoms with E-state index in [4.69, 9.17) is 18.0 Å². The molecule has 0 aromatic rings. The summed E-state index contributed by atoms with van der Waals surface area (Å²) in [7, 11) is -3.39. The molecule has 1 saturated carbocycles. The molecule has 17 heavy (non-hydrogen) atoms. The minimum atomic E-state index is -3.39. The average Bonchev–Trinajstić information content (AvgIpc) is 2.64. The Kier molecular flexibility index (Phi) is 4.14. The third kappa shape index (κ3) is 3.16. The number of carbonyl (C=O) groups is 1. The van der Waals surface area contributed by atoms with E-state index in [1.54, 1.807) is 0 Å².